The quantitative estimate of drug-likeness (QED) is 0.720. The molecule has 16 heavy (non-hydrogen) atoms. The van der Waals surface area contributed by atoms with Crippen LogP contribution in [0.2, 0.25) is 0 Å². The molecule has 1 aromatic rings. The molecular weight excluding hydrogens is 210 g/mol. The predicted molar refractivity (Wildman–Crippen MR) is 55.3 cm³/mol. The Kier molecular flexibility index (Phi) is 3.24. The van der Waals surface area contributed by atoms with Crippen LogP contribution in [0.25, 0.3) is 0 Å². The summed E-state index contributed by atoms with van der Waals surface area (Å²) in [6, 6.07) is 1.75. The molecule has 2 heterocycles. The third kappa shape index (κ3) is 2.24. The highest BCUT2D eigenvalue weighted by Crippen LogP contribution is 2.34. The van der Waals surface area contributed by atoms with E-state index < -0.39 is 0 Å². The third-order valence-electron chi connectivity index (χ3n) is 2.23. The van der Waals surface area contributed by atoms with Crippen LogP contribution < -0.4 is 9.47 Å². The molecule has 0 radical (unpaired) electrons. The third-order valence-corrected chi connectivity index (χ3v) is 2.23. The highest BCUT2D eigenvalue weighted by atomic mass is 16.7. The van der Waals surface area contributed by atoms with E-state index in [1.807, 2.05) is 0 Å². The van der Waals surface area contributed by atoms with Crippen molar-refractivity contribution in [3.8, 4) is 11.5 Å². The van der Waals surface area contributed by atoms with Gasteiger partial charge in [-0.15, -0.1) is 0 Å². The summed E-state index contributed by atoms with van der Waals surface area (Å²) >= 11 is 0. The van der Waals surface area contributed by atoms with Gasteiger partial charge in [0, 0.05) is 18.7 Å². The summed E-state index contributed by atoms with van der Waals surface area (Å²) in [5, 5.41) is 0. The second-order valence-corrected chi connectivity index (χ2v) is 3.30. The van der Waals surface area contributed by atoms with Gasteiger partial charge in [-0.1, -0.05) is 0 Å². The van der Waals surface area contributed by atoms with E-state index in [2.05, 4.69) is 4.98 Å². The van der Waals surface area contributed by atoms with Crippen molar-refractivity contribution < 1.29 is 19.0 Å². The molecule has 0 atom stereocenters. The number of aromatic nitrogens is 1. The molecule has 0 saturated heterocycles. The van der Waals surface area contributed by atoms with E-state index in [0.29, 0.717) is 30.9 Å². The first-order valence-electron chi connectivity index (χ1n) is 5.20. The van der Waals surface area contributed by atoms with Crippen molar-refractivity contribution >= 4 is 5.97 Å². The maximum atomic E-state index is 11.2. The van der Waals surface area contributed by atoms with Crippen LogP contribution in [0.1, 0.15) is 19.0 Å². The molecule has 5 nitrogen and oxygen atoms in total. The molecule has 86 valence electrons. The minimum atomic E-state index is -0.221. The van der Waals surface area contributed by atoms with Crippen LogP contribution in [-0.4, -0.2) is 24.4 Å². The SMILES string of the molecule is CCOC(=O)CCc1nccc2c1OCO2. The zero-order valence-corrected chi connectivity index (χ0v) is 9.06. The molecule has 0 spiro atoms. The maximum Gasteiger partial charge on any atom is 0.306 e. The van der Waals surface area contributed by atoms with Crippen LogP contribution in [-0.2, 0) is 16.0 Å². The van der Waals surface area contributed by atoms with E-state index in [0.717, 1.165) is 5.69 Å². The van der Waals surface area contributed by atoms with Crippen molar-refractivity contribution in [1.29, 1.82) is 0 Å². The molecule has 0 amide bonds. The van der Waals surface area contributed by atoms with Crippen molar-refractivity contribution in [1.82, 2.24) is 4.98 Å². The van der Waals surface area contributed by atoms with Crippen molar-refractivity contribution in [2.75, 3.05) is 13.4 Å². The second-order valence-electron chi connectivity index (χ2n) is 3.30. The lowest BCUT2D eigenvalue weighted by Gasteiger charge is -2.04. The van der Waals surface area contributed by atoms with Gasteiger partial charge in [0.1, 0.15) is 0 Å². The van der Waals surface area contributed by atoms with Crippen molar-refractivity contribution in [2.24, 2.45) is 0 Å². The molecule has 0 fully saturated rings. The molecule has 1 aliphatic heterocycles. The number of hydrogen-bond donors (Lipinski definition) is 0. The summed E-state index contributed by atoms with van der Waals surface area (Å²) in [6.07, 6.45) is 2.46. The first-order chi connectivity index (χ1) is 7.81. The van der Waals surface area contributed by atoms with Gasteiger partial charge in [-0.3, -0.25) is 9.78 Å². The van der Waals surface area contributed by atoms with Gasteiger partial charge in [0.2, 0.25) is 6.79 Å². The summed E-state index contributed by atoms with van der Waals surface area (Å²) in [6.45, 7) is 2.40. The van der Waals surface area contributed by atoms with Gasteiger partial charge in [-0.25, -0.2) is 0 Å². The Morgan fingerprint density at radius 2 is 2.44 bits per heavy atom. The van der Waals surface area contributed by atoms with E-state index in [1.165, 1.54) is 0 Å². The molecule has 2 rings (SSSR count). The molecule has 0 bridgehead atoms. The molecule has 0 unspecified atom stereocenters. The Morgan fingerprint density at radius 1 is 1.56 bits per heavy atom. The van der Waals surface area contributed by atoms with Gasteiger partial charge in [-0.05, 0) is 6.92 Å². The fraction of sp³-hybridized carbons (Fsp3) is 0.455. The molecule has 1 aromatic heterocycles. The number of ether oxygens (including phenoxy) is 3. The molecule has 0 aromatic carbocycles. The standard InChI is InChI=1S/C11H13NO4/c1-2-14-10(13)4-3-8-11-9(5-6-12-8)15-7-16-11/h5-6H,2-4,7H2,1H3. The maximum absolute atomic E-state index is 11.2. The summed E-state index contributed by atoms with van der Waals surface area (Å²) < 4.78 is 15.3. The minimum Gasteiger partial charge on any atom is -0.466 e. The van der Waals surface area contributed by atoms with Crippen molar-refractivity contribution in [3.05, 3.63) is 18.0 Å². The Labute approximate surface area is 93.3 Å². The lowest BCUT2D eigenvalue weighted by molar-refractivity contribution is -0.143. The normalized spacial score (nSPS) is 12.6. The van der Waals surface area contributed by atoms with Crippen LogP contribution >= 0.6 is 0 Å². The zero-order valence-electron chi connectivity index (χ0n) is 9.06. The Balaban J connectivity index is 2.00. The number of pyridine rings is 1. The Bertz CT molecular complexity index is 392. The van der Waals surface area contributed by atoms with Gasteiger partial charge in [0.25, 0.3) is 0 Å². The molecule has 1 aliphatic rings. The highest BCUT2D eigenvalue weighted by molar-refractivity contribution is 5.69. The number of hydrogen-bond acceptors (Lipinski definition) is 5. The number of aryl methyl sites for hydroxylation is 1. The van der Waals surface area contributed by atoms with Gasteiger partial charge in [0.15, 0.2) is 11.5 Å². The number of nitrogens with zero attached hydrogens (tertiary/aromatic N) is 1. The smallest absolute Gasteiger partial charge is 0.306 e. The molecule has 5 heteroatoms. The van der Waals surface area contributed by atoms with Crippen molar-refractivity contribution in [3.63, 3.8) is 0 Å². The average molecular weight is 223 g/mol. The monoisotopic (exact) mass is 223 g/mol. The second kappa shape index (κ2) is 4.83. The lowest BCUT2D eigenvalue weighted by Crippen LogP contribution is -2.06. The van der Waals surface area contributed by atoms with E-state index in [1.54, 1.807) is 19.2 Å². The Hall–Kier alpha value is -1.78. The minimum absolute atomic E-state index is 0.216. The number of esters is 1. The summed E-state index contributed by atoms with van der Waals surface area (Å²) in [5.41, 5.74) is 0.739. The van der Waals surface area contributed by atoms with Gasteiger partial charge in [-0.2, -0.15) is 0 Å². The highest BCUT2D eigenvalue weighted by Gasteiger charge is 2.18. The van der Waals surface area contributed by atoms with Gasteiger partial charge < -0.3 is 14.2 Å². The van der Waals surface area contributed by atoms with Crippen LogP contribution in [0.3, 0.4) is 0 Å². The average Bonchev–Trinajstić information content (AvgIpc) is 2.75. The van der Waals surface area contributed by atoms with E-state index in [4.69, 9.17) is 14.2 Å². The lowest BCUT2D eigenvalue weighted by atomic mass is 10.2. The van der Waals surface area contributed by atoms with Crippen molar-refractivity contribution in [2.45, 2.75) is 19.8 Å². The molecular formula is C11H13NO4. The topological polar surface area (TPSA) is 57.7 Å². The first kappa shape index (κ1) is 10.7. The van der Waals surface area contributed by atoms with Crippen LogP contribution in [0.15, 0.2) is 12.3 Å². The largest absolute Gasteiger partial charge is 0.466 e. The van der Waals surface area contributed by atoms with E-state index >= 15 is 0 Å². The van der Waals surface area contributed by atoms with E-state index in [-0.39, 0.29) is 12.8 Å². The van der Waals surface area contributed by atoms with Crippen LogP contribution in [0, 0.1) is 0 Å². The summed E-state index contributed by atoms with van der Waals surface area (Å²) in [4.78, 5) is 15.4. The number of fused-ring (bicyclic) bond motifs is 1. The number of carbonyl (C=O) groups is 1. The number of carbonyl (C=O) groups excluding carboxylic acids is 1. The molecule has 0 saturated carbocycles. The summed E-state index contributed by atoms with van der Waals surface area (Å²) in [5.74, 6) is 1.11. The first-order valence-corrected chi connectivity index (χ1v) is 5.20. The van der Waals surface area contributed by atoms with Crippen LogP contribution in [0.4, 0.5) is 0 Å². The Morgan fingerprint density at radius 3 is 3.25 bits per heavy atom. The summed E-state index contributed by atoms with van der Waals surface area (Å²) in [7, 11) is 0. The van der Waals surface area contributed by atoms with Gasteiger partial charge >= 0.3 is 5.97 Å². The molecule has 0 aliphatic carbocycles. The fourth-order valence-electron chi connectivity index (χ4n) is 1.52. The van der Waals surface area contributed by atoms with Crippen LogP contribution in [0.5, 0.6) is 11.5 Å². The predicted octanol–water partition coefficient (Wildman–Crippen LogP) is 1.31. The number of rotatable bonds is 4. The van der Waals surface area contributed by atoms with Gasteiger partial charge in [0.05, 0.1) is 18.7 Å². The molecule has 0 N–H and O–H groups in total. The van der Waals surface area contributed by atoms with E-state index in [9.17, 15) is 4.79 Å². The fourth-order valence-corrected chi connectivity index (χ4v) is 1.52. The zero-order chi connectivity index (χ0) is 11.4.